The summed E-state index contributed by atoms with van der Waals surface area (Å²) in [5.41, 5.74) is 6.66. The van der Waals surface area contributed by atoms with E-state index in [2.05, 4.69) is 22.2 Å². The number of amides is 1. The Bertz CT molecular complexity index is 465. The third kappa shape index (κ3) is 3.01. The molecule has 1 saturated carbocycles. The van der Waals surface area contributed by atoms with Crippen LogP contribution in [0.15, 0.2) is 12.2 Å². The monoisotopic (exact) mass is 266 g/mol. The van der Waals surface area contributed by atoms with Gasteiger partial charge in [0.25, 0.3) is 5.91 Å². The Morgan fingerprint density at radius 2 is 2.33 bits per heavy atom. The summed E-state index contributed by atoms with van der Waals surface area (Å²) in [5, 5.41) is 6.78. The molecule has 98 valence electrons. The molecule has 0 spiro atoms. The van der Waals surface area contributed by atoms with E-state index in [1.165, 1.54) is 17.8 Å². The first kappa shape index (κ1) is 12.9. The number of thiazole rings is 1. The van der Waals surface area contributed by atoms with Crippen molar-refractivity contribution >= 4 is 28.2 Å². The zero-order valence-electron chi connectivity index (χ0n) is 10.5. The first-order valence-electron chi connectivity index (χ1n) is 6.01. The van der Waals surface area contributed by atoms with Crippen LogP contribution in [0.1, 0.15) is 35.9 Å². The minimum absolute atomic E-state index is 0.186. The number of hydrogen-bond acceptors (Lipinski definition) is 5. The highest BCUT2D eigenvalue weighted by molar-refractivity contribution is 7.18. The number of carbonyl (C=O) groups excluding carboxylic acids is 1. The van der Waals surface area contributed by atoms with E-state index >= 15 is 0 Å². The van der Waals surface area contributed by atoms with Gasteiger partial charge >= 0.3 is 0 Å². The van der Waals surface area contributed by atoms with Crippen molar-refractivity contribution in [1.82, 2.24) is 10.3 Å². The Morgan fingerprint density at radius 1 is 1.61 bits per heavy atom. The normalized spacial score (nSPS) is 14.9. The number of carbonyl (C=O) groups is 1. The largest absolute Gasteiger partial charge is 0.382 e. The Hall–Kier alpha value is -1.56. The summed E-state index contributed by atoms with van der Waals surface area (Å²) >= 11 is 1.31. The Kier molecular flexibility index (Phi) is 3.86. The van der Waals surface area contributed by atoms with E-state index in [1.807, 2.05) is 6.92 Å². The standard InChI is InChI=1S/C12H18N4OS/c1-7(2)6-14-11(17)9-10(13)16-12(18-9)15-8-4-3-5-8/h8H,1,3-6,13H2,2H3,(H,14,17)(H,15,16). The molecule has 18 heavy (non-hydrogen) atoms. The number of nitrogens with one attached hydrogen (secondary N) is 2. The minimum atomic E-state index is -0.186. The lowest BCUT2D eigenvalue weighted by molar-refractivity contribution is 0.0961. The van der Waals surface area contributed by atoms with Crippen LogP contribution in [0.5, 0.6) is 0 Å². The number of nitrogens with zero attached hydrogens (tertiary/aromatic N) is 1. The second kappa shape index (κ2) is 5.39. The maximum atomic E-state index is 11.9. The Balaban J connectivity index is 1.98. The summed E-state index contributed by atoms with van der Waals surface area (Å²) in [6.07, 6.45) is 3.58. The SMILES string of the molecule is C=C(C)CNC(=O)c1sc(NC2CCC2)nc1N. The van der Waals surface area contributed by atoms with Crippen LogP contribution < -0.4 is 16.4 Å². The van der Waals surface area contributed by atoms with Gasteiger partial charge in [-0.05, 0) is 26.2 Å². The molecule has 1 heterocycles. The maximum Gasteiger partial charge on any atom is 0.265 e. The molecule has 4 N–H and O–H groups in total. The lowest BCUT2D eigenvalue weighted by atomic mass is 9.93. The molecule has 0 radical (unpaired) electrons. The average molecular weight is 266 g/mol. The molecule has 1 amide bonds. The van der Waals surface area contributed by atoms with Crippen LogP contribution in [-0.2, 0) is 0 Å². The first-order chi connectivity index (χ1) is 8.56. The average Bonchev–Trinajstić information content (AvgIpc) is 2.62. The van der Waals surface area contributed by atoms with Gasteiger partial charge in [0.1, 0.15) is 10.7 Å². The Labute approximate surface area is 110 Å². The van der Waals surface area contributed by atoms with Crippen LogP contribution in [-0.4, -0.2) is 23.5 Å². The quantitative estimate of drug-likeness (QED) is 0.712. The summed E-state index contributed by atoms with van der Waals surface area (Å²) in [6.45, 7) is 6.06. The molecule has 2 rings (SSSR count). The van der Waals surface area contributed by atoms with Gasteiger partial charge in [0.05, 0.1) is 0 Å². The molecule has 1 fully saturated rings. The van der Waals surface area contributed by atoms with Crippen molar-refractivity contribution in [2.24, 2.45) is 0 Å². The summed E-state index contributed by atoms with van der Waals surface area (Å²) in [7, 11) is 0. The fraction of sp³-hybridized carbons (Fsp3) is 0.500. The van der Waals surface area contributed by atoms with Gasteiger partial charge in [-0.15, -0.1) is 0 Å². The fourth-order valence-corrected chi connectivity index (χ4v) is 2.47. The summed E-state index contributed by atoms with van der Waals surface area (Å²) < 4.78 is 0. The van der Waals surface area contributed by atoms with Crippen molar-refractivity contribution in [2.45, 2.75) is 32.2 Å². The molecule has 0 unspecified atom stereocenters. The van der Waals surface area contributed by atoms with Gasteiger partial charge in [-0.3, -0.25) is 4.79 Å². The van der Waals surface area contributed by atoms with Gasteiger partial charge in [0.15, 0.2) is 5.13 Å². The van der Waals surface area contributed by atoms with Crippen LogP contribution in [0, 0.1) is 0 Å². The predicted molar refractivity (Wildman–Crippen MR) is 74.9 cm³/mol. The predicted octanol–water partition coefficient (Wildman–Crippen LogP) is 2.00. The van der Waals surface area contributed by atoms with Crippen molar-refractivity contribution < 1.29 is 4.79 Å². The molecule has 6 heteroatoms. The number of anilines is 2. The van der Waals surface area contributed by atoms with Gasteiger partial charge in [0, 0.05) is 12.6 Å². The van der Waals surface area contributed by atoms with E-state index < -0.39 is 0 Å². The second-order valence-corrected chi connectivity index (χ2v) is 5.64. The van der Waals surface area contributed by atoms with E-state index in [-0.39, 0.29) is 5.91 Å². The van der Waals surface area contributed by atoms with Gasteiger partial charge in [-0.25, -0.2) is 4.98 Å². The van der Waals surface area contributed by atoms with E-state index in [4.69, 9.17) is 5.73 Å². The second-order valence-electron chi connectivity index (χ2n) is 4.65. The molecule has 1 aromatic heterocycles. The fourth-order valence-electron chi connectivity index (χ4n) is 1.60. The highest BCUT2D eigenvalue weighted by atomic mass is 32.1. The summed E-state index contributed by atoms with van der Waals surface area (Å²) in [4.78, 5) is 16.5. The third-order valence-electron chi connectivity index (χ3n) is 2.84. The van der Waals surface area contributed by atoms with E-state index in [9.17, 15) is 4.79 Å². The zero-order chi connectivity index (χ0) is 13.1. The molecule has 1 aromatic rings. The van der Waals surface area contributed by atoms with Gasteiger partial charge < -0.3 is 16.4 Å². The highest BCUT2D eigenvalue weighted by Gasteiger charge is 2.21. The Morgan fingerprint density at radius 3 is 2.89 bits per heavy atom. The van der Waals surface area contributed by atoms with Crippen LogP contribution in [0.3, 0.4) is 0 Å². The van der Waals surface area contributed by atoms with E-state index in [1.54, 1.807) is 0 Å². The molecular formula is C12H18N4OS. The van der Waals surface area contributed by atoms with E-state index in [0.29, 0.717) is 23.3 Å². The zero-order valence-corrected chi connectivity index (χ0v) is 11.3. The van der Waals surface area contributed by atoms with Gasteiger partial charge in [-0.2, -0.15) is 0 Å². The lowest BCUT2D eigenvalue weighted by Crippen LogP contribution is -2.26. The van der Waals surface area contributed by atoms with Crippen molar-refractivity contribution in [3.05, 3.63) is 17.0 Å². The number of hydrogen-bond donors (Lipinski definition) is 3. The highest BCUT2D eigenvalue weighted by Crippen LogP contribution is 2.29. The number of rotatable bonds is 5. The van der Waals surface area contributed by atoms with Crippen LogP contribution in [0.4, 0.5) is 10.9 Å². The molecule has 0 saturated heterocycles. The molecule has 0 aromatic carbocycles. The van der Waals surface area contributed by atoms with Crippen LogP contribution in [0.2, 0.25) is 0 Å². The minimum Gasteiger partial charge on any atom is -0.382 e. The number of nitrogen functional groups attached to an aromatic ring is 1. The van der Waals surface area contributed by atoms with Crippen molar-refractivity contribution in [2.75, 3.05) is 17.6 Å². The summed E-state index contributed by atoms with van der Waals surface area (Å²) in [5.74, 6) is 0.107. The number of nitrogens with two attached hydrogens (primary N) is 1. The molecule has 0 atom stereocenters. The topological polar surface area (TPSA) is 80.0 Å². The molecule has 1 aliphatic carbocycles. The van der Waals surface area contributed by atoms with Crippen molar-refractivity contribution in [3.8, 4) is 0 Å². The van der Waals surface area contributed by atoms with Crippen molar-refractivity contribution in [3.63, 3.8) is 0 Å². The maximum absolute atomic E-state index is 11.9. The van der Waals surface area contributed by atoms with Crippen LogP contribution >= 0.6 is 11.3 Å². The molecular weight excluding hydrogens is 248 g/mol. The lowest BCUT2D eigenvalue weighted by Gasteiger charge is -2.25. The number of aromatic nitrogens is 1. The van der Waals surface area contributed by atoms with Gasteiger partial charge in [-0.1, -0.05) is 23.5 Å². The molecule has 5 nitrogen and oxygen atoms in total. The molecule has 1 aliphatic rings. The van der Waals surface area contributed by atoms with E-state index in [0.717, 1.165) is 23.5 Å². The molecule has 0 aliphatic heterocycles. The third-order valence-corrected chi connectivity index (χ3v) is 3.84. The summed E-state index contributed by atoms with van der Waals surface area (Å²) in [6, 6.07) is 0.488. The van der Waals surface area contributed by atoms with Crippen LogP contribution in [0.25, 0.3) is 0 Å². The van der Waals surface area contributed by atoms with Gasteiger partial charge in [0.2, 0.25) is 0 Å². The smallest absolute Gasteiger partial charge is 0.265 e. The van der Waals surface area contributed by atoms with Crippen molar-refractivity contribution in [1.29, 1.82) is 0 Å². The first-order valence-corrected chi connectivity index (χ1v) is 6.83. The molecule has 0 bridgehead atoms.